The summed E-state index contributed by atoms with van der Waals surface area (Å²) in [6.45, 7) is -5.09. The smallest absolute Gasteiger partial charge is 0.325 e. The summed E-state index contributed by atoms with van der Waals surface area (Å²) in [7, 11) is -0.139. The van der Waals surface area contributed by atoms with Crippen molar-refractivity contribution in [1.82, 2.24) is 39.0 Å². The van der Waals surface area contributed by atoms with Gasteiger partial charge in [-0.15, -0.1) is 0 Å². The highest BCUT2D eigenvalue weighted by molar-refractivity contribution is 8.33. The molecule has 3 unspecified atom stereocenters. The molecule has 9 N–H and O–H groups in total. The first kappa shape index (κ1) is 32.7. The molecular weight excluding hydrogens is 666 g/mol. The monoisotopic (exact) mass is 692 g/mol. The Hall–Kier alpha value is -2.72. The van der Waals surface area contributed by atoms with Gasteiger partial charge in [-0.2, -0.15) is 4.98 Å². The second kappa shape index (κ2) is 13.3. The van der Waals surface area contributed by atoms with Gasteiger partial charge in [0.1, 0.15) is 42.5 Å². The molecule has 2 aliphatic heterocycles. The predicted octanol–water partition coefficient (Wildman–Crippen LogP) is -1.24. The summed E-state index contributed by atoms with van der Waals surface area (Å²) in [5, 5.41) is 31.1. The van der Waals surface area contributed by atoms with Gasteiger partial charge in [-0.05, 0) is 11.8 Å². The van der Waals surface area contributed by atoms with Crippen LogP contribution in [0, 0.1) is 0 Å². The number of anilines is 2. The number of aromatic nitrogens is 8. The summed E-state index contributed by atoms with van der Waals surface area (Å²) in [6.07, 6.45) is -3.72. The number of nitrogen functional groups attached to an aromatic ring is 2. The zero-order valence-electron chi connectivity index (χ0n) is 22.2. The van der Waals surface area contributed by atoms with Crippen LogP contribution < -0.4 is 17.0 Å². The van der Waals surface area contributed by atoms with Crippen LogP contribution in [-0.2, 0) is 34.9 Å². The fraction of sp³-hybridized carbons (Fsp3) is 0.500. The van der Waals surface area contributed by atoms with Crippen molar-refractivity contribution in [3.05, 3.63) is 29.3 Å². The van der Waals surface area contributed by atoms with Crippen molar-refractivity contribution in [2.24, 2.45) is 0 Å². The van der Waals surface area contributed by atoms with Gasteiger partial charge in [0.2, 0.25) is 13.6 Å². The van der Waals surface area contributed by atoms with Gasteiger partial charge in [0.25, 0.3) is 5.56 Å². The number of thiol groups is 1. The molecule has 24 heteroatoms. The molecule has 6 heterocycles. The van der Waals surface area contributed by atoms with Gasteiger partial charge in [-0.25, -0.2) is 19.9 Å². The highest BCUT2D eigenvalue weighted by Gasteiger charge is 2.48. The third kappa shape index (κ3) is 6.48. The molecule has 4 aromatic rings. The van der Waals surface area contributed by atoms with Crippen LogP contribution in [0.3, 0.4) is 0 Å². The Labute approximate surface area is 258 Å². The molecule has 6 rings (SSSR count). The predicted molar refractivity (Wildman–Crippen MR) is 158 cm³/mol. The maximum absolute atomic E-state index is 12.2. The Morgan fingerprint density at radius 1 is 1.14 bits per heavy atom. The first-order valence-corrected chi connectivity index (χ1v) is 17.1. The van der Waals surface area contributed by atoms with Gasteiger partial charge in [0.15, 0.2) is 28.9 Å². The Bertz CT molecular complexity index is 1760. The van der Waals surface area contributed by atoms with Crippen LogP contribution in [-0.4, -0.2) is 103 Å². The van der Waals surface area contributed by atoms with Gasteiger partial charge >= 0.3 is 6.72 Å². The molecule has 44 heavy (non-hydrogen) atoms. The number of H-pyrrole nitrogens is 1. The van der Waals surface area contributed by atoms with Crippen molar-refractivity contribution in [2.45, 2.75) is 49.4 Å². The van der Waals surface area contributed by atoms with E-state index in [0.717, 1.165) is 0 Å². The van der Waals surface area contributed by atoms with Crippen molar-refractivity contribution in [2.75, 3.05) is 24.7 Å². The minimum absolute atomic E-state index is 0.00960. The van der Waals surface area contributed by atoms with E-state index in [0.29, 0.717) is 11.2 Å². The number of nitrogens with one attached hydrogen (secondary N) is 1. The number of hydrogen-bond acceptors (Lipinski definition) is 17. The van der Waals surface area contributed by atoms with E-state index in [9.17, 15) is 25.0 Å². The van der Waals surface area contributed by atoms with Crippen molar-refractivity contribution >= 4 is 72.5 Å². The maximum atomic E-state index is 12.2. The van der Waals surface area contributed by atoms with Crippen molar-refractivity contribution in [3.8, 4) is 0 Å². The highest BCUT2D eigenvalue weighted by Crippen LogP contribution is 2.50. The van der Waals surface area contributed by atoms with Crippen LogP contribution >= 0.6 is 26.6 Å². The minimum atomic E-state index is -4.12. The summed E-state index contributed by atoms with van der Waals surface area (Å²) in [6, 6.07) is 0. The molecule has 0 amide bonds. The molecule has 0 aliphatic carbocycles. The Kier molecular flexibility index (Phi) is 9.90. The number of ether oxygens (including phenoxy) is 2. The molecule has 2 saturated heterocycles. The number of aliphatic hydroxyl groups excluding tert-OH is 3. The molecule has 0 spiro atoms. The van der Waals surface area contributed by atoms with Gasteiger partial charge in [-0.3, -0.25) is 28.0 Å². The van der Waals surface area contributed by atoms with Gasteiger partial charge < -0.3 is 45.7 Å². The molecule has 4 aromatic heterocycles. The molecule has 0 saturated carbocycles. The largest absolute Gasteiger partial charge is 0.394 e. The molecule has 8 atom stereocenters. The Morgan fingerprint density at radius 2 is 1.84 bits per heavy atom. The van der Waals surface area contributed by atoms with Crippen molar-refractivity contribution in [3.63, 3.8) is 0 Å². The van der Waals surface area contributed by atoms with Crippen LogP contribution in [0.5, 0.6) is 0 Å². The Morgan fingerprint density at radius 3 is 2.57 bits per heavy atom. The normalized spacial score (nSPS) is 28.3. The third-order valence-electron chi connectivity index (χ3n) is 6.78. The maximum Gasteiger partial charge on any atom is 0.325 e. The lowest BCUT2D eigenvalue weighted by atomic mass is 10.1. The number of imidazole rings is 2. The number of aromatic amines is 1. The molecule has 238 valence electrons. The zero-order chi connectivity index (χ0) is 31.8. The summed E-state index contributed by atoms with van der Waals surface area (Å²) >= 11 is 8.39. The first-order chi connectivity index (χ1) is 21.0. The highest BCUT2D eigenvalue weighted by atomic mass is 32.7. The van der Waals surface area contributed by atoms with Crippen molar-refractivity contribution < 1.29 is 43.3 Å². The summed E-state index contributed by atoms with van der Waals surface area (Å²) < 4.78 is 34.4. The van der Waals surface area contributed by atoms with E-state index in [1.165, 1.54) is 23.5 Å². The molecule has 0 radical (unpaired) electrons. The average molecular weight is 693 g/mol. The van der Waals surface area contributed by atoms with Gasteiger partial charge in [-0.1, -0.05) is 12.2 Å². The summed E-state index contributed by atoms with van der Waals surface area (Å²) in [5.74, 6) is 0.00229. The van der Waals surface area contributed by atoms with Crippen LogP contribution in [0.1, 0.15) is 18.9 Å². The van der Waals surface area contributed by atoms with E-state index in [2.05, 4.69) is 42.2 Å². The fourth-order valence-corrected chi connectivity index (χ4v) is 6.22. The van der Waals surface area contributed by atoms with Crippen molar-refractivity contribution in [1.29, 1.82) is 0 Å². The SMILES string of the molecule is Nc1nc2c(ncn2[C@@H]2O[C@H](CO)C(O)[C@@H]2OP(O)(=S)OC[C@H]2O[C@@H](n3cnc4c(N)ncnc43)CC2O)c(=O)[nH]1.O=PS. The number of aliphatic hydroxyl groups is 3. The van der Waals surface area contributed by atoms with Crippen LogP contribution in [0.25, 0.3) is 22.3 Å². The fourth-order valence-electron chi connectivity index (χ4n) is 4.80. The zero-order valence-corrected chi connectivity index (χ0v) is 25.7. The molecule has 20 nitrogen and oxygen atoms in total. The lowest BCUT2D eigenvalue weighted by molar-refractivity contribution is -0.0547. The minimum Gasteiger partial charge on any atom is -0.394 e. The van der Waals surface area contributed by atoms with Gasteiger partial charge in [0, 0.05) is 6.42 Å². The van der Waals surface area contributed by atoms with E-state index < -0.39 is 61.9 Å². The van der Waals surface area contributed by atoms with E-state index in [4.69, 9.17) is 46.4 Å². The van der Waals surface area contributed by atoms with Crippen LogP contribution in [0.15, 0.2) is 23.8 Å². The van der Waals surface area contributed by atoms with E-state index >= 15 is 0 Å². The second-order valence-electron chi connectivity index (χ2n) is 9.44. The summed E-state index contributed by atoms with van der Waals surface area (Å²) in [5.41, 5.74) is 11.6. The van der Waals surface area contributed by atoms with E-state index in [1.54, 1.807) is 4.57 Å². The molecule has 0 aromatic carbocycles. The second-order valence-corrected chi connectivity index (χ2v) is 12.9. The number of fused-ring (bicyclic) bond motifs is 2. The van der Waals surface area contributed by atoms with E-state index in [-0.39, 0.29) is 43.6 Å². The molecular formula is C20H26N10O10P2S2. The first-order valence-electron chi connectivity index (χ1n) is 12.5. The third-order valence-corrected chi connectivity index (χ3v) is 8.34. The van der Waals surface area contributed by atoms with Crippen LogP contribution in [0.2, 0.25) is 0 Å². The number of nitrogens with zero attached hydrogens (tertiary/aromatic N) is 7. The standard InChI is InChI=1S/C20H25N10O9PS.HOPS/c21-15-11-16(24-4-23-15)29(5-25-11)10-1-7(32)9(37-10)3-36-40(35,41)39-14-13(33)8(2-31)38-19(14)30-6-26-12-17(30)27-20(22)28-18(12)34;1-2-3/h4-10,13-14,19,31-33H,1-3H2,(H,35,41)(H2,21,23,24)(H3,22,27,28,34);(H,1,3)/t7?,8-,9-,10-,13?,14+,19-,40?;/m1./s1. The van der Waals surface area contributed by atoms with Gasteiger partial charge in [0.05, 0.1) is 32.0 Å². The number of hydrogen-bond donors (Lipinski definition) is 8. The summed E-state index contributed by atoms with van der Waals surface area (Å²) in [4.78, 5) is 45.7. The lowest BCUT2D eigenvalue weighted by Crippen LogP contribution is -2.35. The lowest BCUT2D eigenvalue weighted by Gasteiger charge is -2.27. The Balaban J connectivity index is 0.00000123. The average Bonchev–Trinajstić information content (AvgIpc) is 3.74. The quantitative estimate of drug-likeness (QED) is 0.0791. The van der Waals surface area contributed by atoms with E-state index in [1.807, 2.05) is 0 Å². The number of rotatable bonds is 8. The molecule has 2 aliphatic rings. The molecule has 2 fully saturated rings. The topological polar surface area (TPSA) is 294 Å². The number of nitrogens with two attached hydrogens (primary N) is 2. The molecule has 0 bridgehead atoms. The van der Waals surface area contributed by atoms with Crippen LogP contribution in [0.4, 0.5) is 11.8 Å².